The second kappa shape index (κ2) is 9.25. The summed E-state index contributed by atoms with van der Waals surface area (Å²) in [5, 5.41) is 6.11. The molecule has 0 aliphatic heterocycles. The van der Waals surface area contributed by atoms with Crippen molar-refractivity contribution in [3.05, 3.63) is 36.1 Å². The largest absolute Gasteiger partial charge is 0.459 e. The van der Waals surface area contributed by atoms with Gasteiger partial charge in [-0.1, -0.05) is 18.2 Å². The summed E-state index contributed by atoms with van der Waals surface area (Å²) in [5.74, 6) is -0.425. The van der Waals surface area contributed by atoms with Crippen molar-refractivity contribution in [2.75, 3.05) is 13.2 Å². The highest BCUT2D eigenvalue weighted by atomic mass is 16.6. The third-order valence-electron chi connectivity index (χ3n) is 3.61. The monoisotopic (exact) mass is 390 g/mol. The van der Waals surface area contributed by atoms with E-state index >= 15 is 0 Å². The van der Waals surface area contributed by atoms with Crippen LogP contribution in [0.5, 0.6) is 0 Å². The van der Waals surface area contributed by atoms with Crippen LogP contribution in [0.1, 0.15) is 45.9 Å². The number of hydrogen-bond donors (Lipinski definition) is 2. The molecule has 8 nitrogen and oxygen atoms in total. The van der Waals surface area contributed by atoms with Crippen molar-refractivity contribution >= 4 is 28.9 Å². The fourth-order valence-electron chi connectivity index (χ4n) is 2.37. The van der Waals surface area contributed by atoms with Crippen molar-refractivity contribution in [3.63, 3.8) is 0 Å². The summed E-state index contributed by atoms with van der Waals surface area (Å²) < 4.78 is 15.7. The van der Waals surface area contributed by atoms with E-state index in [-0.39, 0.29) is 19.0 Å². The molecule has 0 bridgehead atoms. The molecule has 2 amide bonds. The Kier molecular flexibility index (Phi) is 7.03. The lowest BCUT2D eigenvalue weighted by Crippen LogP contribution is -2.34. The van der Waals surface area contributed by atoms with E-state index in [1.807, 2.05) is 30.3 Å². The molecule has 0 fully saturated rings. The number of amides is 2. The van der Waals surface area contributed by atoms with Crippen LogP contribution >= 0.6 is 0 Å². The van der Waals surface area contributed by atoms with Crippen molar-refractivity contribution in [1.82, 2.24) is 10.6 Å². The molecule has 0 saturated carbocycles. The zero-order valence-electron chi connectivity index (χ0n) is 16.5. The number of carbonyl (C=O) groups excluding carboxylic acids is 3. The molecular weight excluding hydrogens is 364 g/mol. The zero-order chi connectivity index (χ0) is 20.7. The summed E-state index contributed by atoms with van der Waals surface area (Å²) in [5.41, 5.74) is 0.127. The summed E-state index contributed by atoms with van der Waals surface area (Å²) in [6.45, 7) is 6.66. The van der Waals surface area contributed by atoms with Crippen LogP contribution in [0.2, 0.25) is 0 Å². The van der Waals surface area contributed by atoms with Gasteiger partial charge >= 0.3 is 12.1 Å². The van der Waals surface area contributed by atoms with Crippen LogP contribution in [0.15, 0.2) is 34.7 Å². The molecule has 0 unspecified atom stereocenters. The maximum atomic E-state index is 12.0. The Bertz CT molecular complexity index is 804. The first-order valence-corrected chi connectivity index (χ1v) is 9.04. The van der Waals surface area contributed by atoms with Crippen molar-refractivity contribution in [3.8, 4) is 0 Å². The Morgan fingerprint density at radius 2 is 1.89 bits per heavy atom. The molecule has 1 atom stereocenters. The van der Waals surface area contributed by atoms with E-state index in [0.29, 0.717) is 5.76 Å². The molecule has 1 heterocycles. The van der Waals surface area contributed by atoms with E-state index in [9.17, 15) is 14.4 Å². The molecule has 0 saturated heterocycles. The molecule has 8 heteroatoms. The summed E-state index contributed by atoms with van der Waals surface area (Å²) in [7, 11) is 0. The minimum absolute atomic E-state index is 0.0603. The average Bonchev–Trinajstić information content (AvgIpc) is 3.02. The van der Waals surface area contributed by atoms with Crippen molar-refractivity contribution in [1.29, 1.82) is 0 Å². The molecular formula is C20H26N2O6. The normalized spacial score (nSPS) is 12.3. The van der Waals surface area contributed by atoms with Gasteiger partial charge in [0.1, 0.15) is 16.9 Å². The van der Waals surface area contributed by atoms with Gasteiger partial charge in [-0.25, -0.2) is 4.79 Å². The summed E-state index contributed by atoms with van der Waals surface area (Å²) in [6.07, 6.45) is -0.677. The number of rotatable bonds is 7. The third kappa shape index (κ3) is 6.94. The zero-order valence-corrected chi connectivity index (χ0v) is 16.5. The van der Waals surface area contributed by atoms with E-state index in [2.05, 4.69) is 10.6 Å². The molecule has 2 aromatic rings. The van der Waals surface area contributed by atoms with Crippen LogP contribution in [-0.4, -0.2) is 36.7 Å². The van der Waals surface area contributed by atoms with Gasteiger partial charge in [0, 0.05) is 11.9 Å². The van der Waals surface area contributed by atoms with Gasteiger partial charge in [0.05, 0.1) is 12.5 Å². The van der Waals surface area contributed by atoms with Crippen LogP contribution in [-0.2, 0) is 19.1 Å². The molecule has 1 aromatic carbocycles. The van der Waals surface area contributed by atoms with E-state index in [1.54, 1.807) is 27.7 Å². The van der Waals surface area contributed by atoms with Gasteiger partial charge in [-0.15, -0.1) is 0 Å². The van der Waals surface area contributed by atoms with Gasteiger partial charge in [0.15, 0.2) is 6.61 Å². The number of alkyl carbamates (subject to hydrolysis) is 1. The molecule has 1 aromatic heterocycles. The summed E-state index contributed by atoms with van der Waals surface area (Å²) in [6, 6.07) is 9.03. The van der Waals surface area contributed by atoms with Gasteiger partial charge in [0.25, 0.3) is 5.91 Å². The molecule has 28 heavy (non-hydrogen) atoms. The van der Waals surface area contributed by atoms with Crippen LogP contribution in [0.4, 0.5) is 4.79 Å². The Morgan fingerprint density at radius 1 is 1.18 bits per heavy atom. The highest BCUT2D eigenvalue weighted by Crippen LogP contribution is 2.23. The first-order valence-electron chi connectivity index (χ1n) is 9.04. The second-order valence-corrected chi connectivity index (χ2v) is 7.32. The summed E-state index contributed by atoms with van der Waals surface area (Å²) in [4.78, 5) is 35.1. The first kappa shape index (κ1) is 21.3. The van der Waals surface area contributed by atoms with E-state index in [1.165, 1.54) is 0 Å². The molecule has 0 spiro atoms. The number of hydrogen-bond acceptors (Lipinski definition) is 6. The van der Waals surface area contributed by atoms with Crippen LogP contribution in [0.25, 0.3) is 11.0 Å². The second-order valence-electron chi connectivity index (χ2n) is 7.32. The Labute approximate surface area is 163 Å². The lowest BCUT2D eigenvalue weighted by molar-refractivity contribution is -0.148. The highest BCUT2D eigenvalue weighted by molar-refractivity contribution is 5.81. The first-order chi connectivity index (χ1) is 13.1. The number of esters is 1. The smallest absolute Gasteiger partial charge is 0.407 e. The lowest BCUT2D eigenvalue weighted by Gasteiger charge is -2.19. The Hall–Kier alpha value is -3.03. The number of ether oxygens (including phenoxy) is 2. The van der Waals surface area contributed by atoms with Crippen molar-refractivity contribution in [2.45, 2.75) is 45.8 Å². The van der Waals surface area contributed by atoms with E-state index in [0.717, 1.165) is 11.0 Å². The maximum Gasteiger partial charge on any atom is 0.407 e. The summed E-state index contributed by atoms with van der Waals surface area (Å²) >= 11 is 0. The van der Waals surface area contributed by atoms with Crippen LogP contribution in [0, 0.1) is 0 Å². The fourth-order valence-corrected chi connectivity index (χ4v) is 2.37. The van der Waals surface area contributed by atoms with E-state index < -0.39 is 30.2 Å². The standard InChI is InChI=1S/C20H26N2O6/c1-13(16-11-14-7-5-6-8-15(14)27-16)22-17(23)12-26-18(24)9-10-21-19(25)28-20(2,3)4/h5-8,11,13H,9-10,12H2,1-4H3,(H,21,25)(H,22,23)/t13-/m1/s1. The van der Waals surface area contributed by atoms with Gasteiger partial charge < -0.3 is 24.5 Å². The molecule has 152 valence electrons. The molecule has 2 N–H and O–H groups in total. The topological polar surface area (TPSA) is 107 Å². The van der Waals surface area contributed by atoms with Crippen LogP contribution < -0.4 is 10.6 Å². The number of fused-ring (bicyclic) bond motifs is 1. The highest BCUT2D eigenvalue weighted by Gasteiger charge is 2.17. The SMILES string of the molecule is C[C@@H](NC(=O)COC(=O)CCNC(=O)OC(C)(C)C)c1cc2ccccc2o1. The number of furan rings is 1. The minimum Gasteiger partial charge on any atom is -0.459 e. The number of nitrogens with one attached hydrogen (secondary N) is 2. The third-order valence-corrected chi connectivity index (χ3v) is 3.61. The van der Waals surface area contributed by atoms with Gasteiger partial charge in [-0.2, -0.15) is 0 Å². The maximum absolute atomic E-state index is 12.0. The number of benzene rings is 1. The average molecular weight is 390 g/mol. The predicted molar refractivity (Wildman–Crippen MR) is 103 cm³/mol. The van der Waals surface area contributed by atoms with Crippen molar-refractivity contribution < 1.29 is 28.3 Å². The minimum atomic E-state index is -0.613. The molecule has 0 radical (unpaired) electrons. The van der Waals surface area contributed by atoms with Crippen molar-refractivity contribution in [2.24, 2.45) is 0 Å². The molecule has 0 aliphatic carbocycles. The van der Waals surface area contributed by atoms with Gasteiger partial charge in [-0.05, 0) is 39.8 Å². The Balaban J connectivity index is 1.68. The Morgan fingerprint density at radius 3 is 2.57 bits per heavy atom. The molecule has 0 aliphatic rings. The van der Waals surface area contributed by atoms with E-state index in [4.69, 9.17) is 13.9 Å². The van der Waals surface area contributed by atoms with Crippen LogP contribution in [0.3, 0.4) is 0 Å². The predicted octanol–water partition coefficient (Wildman–Crippen LogP) is 3.07. The number of carbonyl (C=O) groups is 3. The fraction of sp³-hybridized carbons (Fsp3) is 0.450. The quantitative estimate of drug-likeness (QED) is 0.704. The molecule has 2 rings (SSSR count). The van der Waals surface area contributed by atoms with Gasteiger partial charge in [0.2, 0.25) is 0 Å². The lowest BCUT2D eigenvalue weighted by atomic mass is 10.2. The van der Waals surface area contributed by atoms with Gasteiger partial charge in [-0.3, -0.25) is 9.59 Å². The number of para-hydroxylation sites is 1.